The van der Waals surface area contributed by atoms with E-state index in [9.17, 15) is 0 Å². The van der Waals surface area contributed by atoms with Crippen molar-refractivity contribution in [3.8, 4) is 11.1 Å². The van der Waals surface area contributed by atoms with Gasteiger partial charge in [-0.25, -0.2) is 4.99 Å². The van der Waals surface area contributed by atoms with Gasteiger partial charge in [0, 0.05) is 42.6 Å². The smallest absolute Gasteiger partial charge is 0.129 e. The number of nitrogens with zero attached hydrogens (tertiary/aromatic N) is 2. The summed E-state index contributed by atoms with van der Waals surface area (Å²) in [5.74, 6) is 1.15. The van der Waals surface area contributed by atoms with Gasteiger partial charge in [-0.15, -0.1) is 11.3 Å². The van der Waals surface area contributed by atoms with E-state index in [1.54, 1.807) is 0 Å². The number of thiophene rings is 1. The molecule has 0 amide bonds. The second kappa shape index (κ2) is 12.0. The van der Waals surface area contributed by atoms with Crippen LogP contribution in [0.25, 0.3) is 58.8 Å². The number of hydrogen-bond acceptors (Lipinski definition) is 4. The van der Waals surface area contributed by atoms with Gasteiger partial charge in [0.2, 0.25) is 0 Å². The van der Waals surface area contributed by atoms with Crippen molar-refractivity contribution < 1.29 is 0 Å². The molecule has 1 aliphatic heterocycles. The number of aromatic nitrogens is 1. The predicted molar refractivity (Wildman–Crippen MR) is 211 cm³/mol. The van der Waals surface area contributed by atoms with Crippen molar-refractivity contribution in [3.05, 3.63) is 175 Å². The van der Waals surface area contributed by atoms with Crippen LogP contribution >= 0.6 is 11.3 Å². The van der Waals surface area contributed by atoms with E-state index in [0.29, 0.717) is 0 Å². The molecule has 50 heavy (non-hydrogen) atoms. The van der Waals surface area contributed by atoms with Crippen LogP contribution in [-0.2, 0) is 0 Å². The van der Waals surface area contributed by atoms with Crippen molar-refractivity contribution in [3.63, 3.8) is 0 Å². The lowest BCUT2D eigenvalue weighted by Gasteiger charge is -2.34. The molecule has 8 aromatic rings. The molecule has 240 valence electrons. The number of aliphatic imine (C=N–C) groups is 1. The number of hydrogen-bond donors (Lipinski definition) is 2. The van der Waals surface area contributed by atoms with Crippen molar-refractivity contribution in [2.45, 2.75) is 18.8 Å². The minimum Gasteiger partial charge on any atom is -0.354 e. The third-order valence-corrected chi connectivity index (χ3v) is 11.4. The molecule has 0 bridgehead atoms. The first kappa shape index (κ1) is 29.2. The molecule has 2 aliphatic rings. The number of rotatable bonds is 5. The standard InChI is InChI=1S/C45H34N4S/c1-4-12-29(13-5-1)33-22-25-37-39(28-33)49(38-27-26-36-35-18-10-11-19-40(35)50-42(36)41(37)38)34-23-20-32(21-24-34)45-47-43(30-14-6-2-7-15-30)46-44(48-45)31-16-8-3-9-17-31/h1-20,22-28,32,43-44,46H,21H2,(H,47,48). The fourth-order valence-corrected chi connectivity index (χ4v) is 9.00. The zero-order chi connectivity index (χ0) is 33.0. The predicted octanol–water partition coefficient (Wildman–Crippen LogP) is 11.2. The summed E-state index contributed by atoms with van der Waals surface area (Å²) in [5, 5.41) is 12.8. The summed E-state index contributed by atoms with van der Waals surface area (Å²) in [6.45, 7) is 0. The first-order chi connectivity index (χ1) is 24.8. The largest absolute Gasteiger partial charge is 0.354 e. The van der Waals surface area contributed by atoms with Crippen molar-refractivity contribution in [2.75, 3.05) is 0 Å². The van der Waals surface area contributed by atoms with Crippen LogP contribution in [-0.4, -0.2) is 10.4 Å². The lowest BCUT2D eigenvalue weighted by atomic mass is 9.96. The summed E-state index contributed by atoms with van der Waals surface area (Å²) in [5.41, 5.74) is 8.47. The van der Waals surface area contributed by atoms with Gasteiger partial charge in [-0.2, -0.15) is 0 Å². The van der Waals surface area contributed by atoms with Crippen LogP contribution in [0.5, 0.6) is 0 Å². The molecule has 5 heteroatoms. The molecule has 10 rings (SSSR count). The third-order valence-electron chi connectivity index (χ3n) is 10.2. The maximum Gasteiger partial charge on any atom is 0.129 e. The lowest BCUT2D eigenvalue weighted by Crippen LogP contribution is -2.47. The van der Waals surface area contributed by atoms with E-state index in [2.05, 4.69) is 179 Å². The Morgan fingerprint density at radius 1 is 0.640 bits per heavy atom. The van der Waals surface area contributed by atoms with Gasteiger partial charge in [0.25, 0.3) is 0 Å². The quantitative estimate of drug-likeness (QED) is 0.193. The van der Waals surface area contributed by atoms with E-state index >= 15 is 0 Å². The molecule has 0 spiro atoms. The number of benzene rings is 6. The molecule has 2 aromatic heterocycles. The Balaban J connectivity index is 1.08. The zero-order valence-corrected chi connectivity index (χ0v) is 28.1. The second-order valence-corrected chi connectivity index (χ2v) is 14.2. The summed E-state index contributed by atoms with van der Waals surface area (Å²) in [6, 6.07) is 52.3. The number of nitrogens with one attached hydrogen (secondary N) is 2. The Bertz CT molecular complexity index is 2630. The van der Waals surface area contributed by atoms with Gasteiger partial charge in [-0.3, -0.25) is 5.32 Å². The molecule has 3 unspecified atom stereocenters. The highest BCUT2D eigenvalue weighted by atomic mass is 32.1. The third kappa shape index (κ3) is 4.89. The van der Waals surface area contributed by atoms with Gasteiger partial charge in [0.1, 0.15) is 18.2 Å². The van der Waals surface area contributed by atoms with E-state index in [0.717, 1.165) is 17.8 Å². The zero-order valence-electron chi connectivity index (χ0n) is 27.3. The maximum atomic E-state index is 5.25. The van der Waals surface area contributed by atoms with Crippen molar-refractivity contribution in [1.82, 2.24) is 15.2 Å². The molecule has 0 radical (unpaired) electrons. The summed E-state index contributed by atoms with van der Waals surface area (Å²) < 4.78 is 5.16. The summed E-state index contributed by atoms with van der Waals surface area (Å²) in [4.78, 5) is 5.25. The van der Waals surface area contributed by atoms with Gasteiger partial charge < -0.3 is 9.88 Å². The Hall–Kier alpha value is -5.75. The number of fused-ring (bicyclic) bond motifs is 7. The minimum atomic E-state index is -0.131. The SMILES string of the molecule is C1=CC(C2=NC(c3ccccc3)NC(c3ccccc3)N2)CC=C1n1c2cc(-c3ccccc3)ccc2c2c3sc4ccccc4c3ccc21. The summed E-state index contributed by atoms with van der Waals surface area (Å²) in [6.07, 6.45) is 7.73. The average molecular weight is 663 g/mol. The average Bonchev–Trinajstić information content (AvgIpc) is 3.74. The fourth-order valence-electron chi connectivity index (χ4n) is 7.74. The summed E-state index contributed by atoms with van der Waals surface area (Å²) in [7, 11) is 0. The number of allylic oxidation sites excluding steroid dienone is 3. The number of amidine groups is 1. The van der Waals surface area contributed by atoms with Crippen LogP contribution in [0.4, 0.5) is 0 Å². The van der Waals surface area contributed by atoms with E-state index in [1.165, 1.54) is 64.4 Å². The van der Waals surface area contributed by atoms with E-state index in [4.69, 9.17) is 4.99 Å². The Labute approximate surface area is 294 Å². The molecule has 4 nitrogen and oxygen atoms in total. The van der Waals surface area contributed by atoms with Crippen LogP contribution in [0.1, 0.15) is 29.9 Å². The van der Waals surface area contributed by atoms with Gasteiger partial charge in [-0.05, 0) is 52.9 Å². The minimum absolute atomic E-state index is 0.0369. The van der Waals surface area contributed by atoms with E-state index in [-0.39, 0.29) is 18.2 Å². The lowest BCUT2D eigenvalue weighted by molar-refractivity contribution is 0.399. The molecule has 6 aromatic carbocycles. The Kier molecular flexibility index (Phi) is 7.00. The fraction of sp³-hybridized carbons (Fsp3) is 0.0889. The van der Waals surface area contributed by atoms with Gasteiger partial charge in [0.15, 0.2) is 0 Å². The van der Waals surface area contributed by atoms with Crippen LogP contribution in [0.3, 0.4) is 0 Å². The monoisotopic (exact) mass is 662 g/mol. The molecule has 2 N–H and O–H groups in total. The van der Waals surface area contributed by atoms with E-state index in [1.807, 2.05) is 11.3 Å². The van der Waals surface area contributed by atoms with Crippen LogP contribution in [0.2, 0.25) is 0 Å². The molecule has 1 aliphatic carbocycles. The van der Waals surface area contributed by atoms with Crippen LogP contribution in [0.15, 0.2) is 169 Å². The van der Waals surface area contributed by atoms with Gasteiger partial charge in [-0.1, -0.05) is 140 Å². The first-order valence-corrected chi connectivity index (χ1v) is 18.1. The Morgan fingerprint density at radius 2 is 1.36 bits per heavy atom. The molecule has 3 heterocycles. The molecule has 0 fully saturated rings. The van der Waals surface area contributed by atoms with Gasteiger partial charge in [0.05, 0.1) is 11.0 Å². The second-order valence-electron chi connectivity index (χ2n) is 13.2. The highest BCUT2D eigenvalue weighted by Crippen LogP contribution is 2.44. The first-order valence-electron chi connectivity index (χ1n) is 17.3. The van der Waals surface area contributed by atoms with Crippen LogP contribution < -0.4 is 10.6 Å². The van der Waals surface area contributed by atoms with Crippen molar-refractivity contribution >= 4 is 64.8 Å². The molecular weight excluding hydrogens is 629 g/mol. The van der Waals surface area contributed by atoms with Crippen LogP contribution in [0, 0.1) is 5.92 Å². The Morgan fingerprint density at radius 3 is 2.14 bits per heavy atom. The molecule has 3 atom stereocenters. The summed E-state index contributed by atoms with van der Waals surface area (Å²) >= 11 is 1.90. The molecular formula is C45H34N4S. The molecule has 0 saturated carbocycles. The van der Waals surface area contributed by atoms with Crippen molar-refractivity contribution in [1.29, 1.82) is 0 Å². The normalized spacial score (nSPS) is 19.2. The maximum absolute atomic E-state index is 5.25. The molecule has 0 saturated heterocycles. The topological polar surface area (TPSA) is 41.4 Å². The highest BCUT2D eigenvalue weighted by molar-refractivity contribution is 7.26. The van der Waals surface area contributed by atoms with Gasteiger partial charge >= 0.3 is 0 Å². The van der Waals surface area contributed by atoms with E-state index < -0.39 is 0 Å². The van der Waals surface area contributed by atoms with Crippen molar-refractivity contribution in [2.24, 2.45) is 10.9 Å². The highest BCUT2D eigenvalue weighted by Gasteiger charge is 2.29.